The molecule has 0 aliphatic heterocycles. The van der Waals surface area contributed by atoms with Gasteiger partial charge in [-0.15, -0.1) is 0 Å². The van der Waals surface area contributed by atoms with Gasteiger partial charge in [0, 0.05) is 45.6 Å². The number of pyridine rings is 1. The Kier molecular flexibility index (Phi) is 9.94. The fourth-order valence-corrected chi connectivity index (χ4v) is 4.23. The second-order valence-electron chi connectivity index (χ2n) is 8.64. The molecule has 214 valence electrons. The number of ether oxygens (including phenoxy) is 1. The number of nitro benzene ring substituents is 1. The lowest BCUT2D eigenvalue weighted by Crippen LogP contribution is -2.04. The maximum atomic E-state index is 13.4. The van der Waals surface area contributed by atoms with Crippen LogP contribution in [0.2, 0.25) is 5.02 Å². The molecule has 0 saturated carbocycles. The fourth-order valence-electron chi connectivity index (χ4n) is 3.69. The summed E-state index contributed by atoms with van der Waals surface area (Å²) < 4.78 is 19.5. The van der Waals surface area contributed by atoms with Crippen LogP contribution in [-0.4, -0.2) is 37.6 Å². The molecule has 2 N–H and O–H groups in total. The third-order valence-corrected chi connectivity index (χ3v) is 6.41. The van der Waals surface area contributed by atoms with E-state index in [1.165, 1.54) is 18.2 Å². The lowest BCUT2D eigenvalue weighted by Gasteiger charge is -2.12. The van der Waals surface area contributed by atoms with Crippen molar-refractivity contribution in [3.8, 4) is 17.1 Å². The molecule has 0 aliphatic rings. The summed E-state index contributed by atoms with van der Waals surface area (Å²) >= 11 is 9.36. The van der Waals surface area contributed by atoms with Crippen LogP contribution in [0.25, 0.3) is 22.3 Å². The molecule has 0 spiro atoms. The number of hydrogen-bond donors (Lipinski definition) is 2. The molecule has 2 aromatic heterocycles. The zero-order chi connectivity index (χ0) is 30.2. The van der Waals surface area contributed by atoms with Gasteiger partial charge in [0.2, 0.25) is 0 Å². The number of carboxylic acids is 1. The molecular formula is C29H22BrClFN5O5. The smallest absolute Gasteiger partial charge is 0.342 e. The van der Waals surface area contributed by atoms with E-state index in [-0.39, 0.29) is 10.6 Å². The first kappa shape index (κ1) is 30.3. The van der Waals surface area contributed by atoms with Gasteiger partial charge in [-0.25, -0.2) is 19.2 Å². The van der Waals surface area contributed by atoms with E-state index in [4.69, 9.17) is 21.4 Å². The molecule has 10 nitrogen and oxygen atoms in total. The molecule has 0 aliphatic carbocycles. The zero-order valence-electron chi connectivity index (χ0n) is 21.9. The summed E-state index contributed by atoms with van der Waals surface area (Å²) in [7, 11) is 0. The SMILES string of the molecule is CCCOc1ccc([N+](=O)[O-])c(C(=O)O)c1.Fc1ccc(Nc2nc(-c3cccnc3)nc3ccc(Br)cc23)cc1Cl. The summed E-state index contributed by atoms with van der Waals surface area (Å²) in [6.07, 6.45) is 4.18. The Bertz CT molecular complexity index is 1760. The number of carbonyl (C=O) groups is 1. The Morgan fingerprint density at radius 1 is 1.14 bits per heavy atom. The van der Waals surface area contributed by atoms with E-state index in [1.807, 2.05) is 37.3 Å². The van der Waals surface area contributed by atoms with Gasteiger partial charge in [-0.1, -0.05) is 34.5 Å². The predicted octanol–water partition coefficient (Wildman–Crippen LogP) is 8.07. The summed E-state index contributed by atoms with van der Waals surface area (Å²) in [6.45, 7) is 2.35. The number of nitrogens with zero attached hydrogens (tertiary/aromatic N) is 4. The molecular weight excluding hydrogens is 633 g/mol. The summed E-state index contributed by atoms with van der Waals surface area (Å²) in [5, 5.41) is 23.4. The van der Waals surface area contributed by atoms with Gasteiger partial charge in [-0.2, -0.15) is 0 Å². The highest BCUT2D eigenvalue weighted by atomic mass is 79.9. The first-order valence-corrected chi connectivity index (χ1v) is 13.6. The van der Waals surface area contributed by atoms with Gasteiger partial charge < -0.3 is 15.2 Å². The monoisotopic (exact) mass is 653 g/mol. The number of halogens is 3. The fraction of sp³-hybridized carbons (Fsp3) is 0.103. The minimum absolute atomic E-state index is 0.0435. The van der Waals surface area contributed by atoms with Crippen LogP contribution in [0.3, 0.4) is 0 Å². The van der Waals surface area contributed by atoms with Crippen molar-refractivity contribution in [2.24, 2.45) is 0 Å². The van der Waals surface area contributed by atoms with Crippen LogP contribution >= 0.6 is 27.5 Å². The average Bonchev–Trinajstić information content (AvgIpc) is 2.98. The van der Waals surface area contributed by atoms with Crippen molar-refractivity contribution in [2.75, 3.05) is 11.9 Å². The Morgan fingerprint density at radius 2 is 1.95 bits per heavy atom. The van der Waals surface area contributed by atoms with Crippen molar-refractivity contribution in [1.29, 1.82) is 0 Å². The number of aromatic nitrogens is 3. The van der Waals surface area contributed by atoms with Gasteiger partial charge in [0.25, 0.3) is 5.69 Å². The number of fused-ring (bicyclic) bond motifs is 1. The van der Waals surface area contributed by atoms with Crippen LogP contribution in [0.4, 0.5) is 21.6 Å². The molecule has 0 amide bonds. The highest BCUT2D eigenvalue weighted by Gasteiger charge is 2.20. The van der Waals surface area contributed by atoms with Crippen molar-refractivity contribution in [1.82, 2.24) is 15.0 Å². The third-order valence-electron chi connectivity index (χ3n) is 5.63. The maximum Gasteiger partial charge on any atom is 0.342 e. The lowest BCUT2D eigenvalue weighted by molar-refractivity contribution is -0.385. The molecule has 2 heterocycles. The summed E-state index contributed by atoms with van der Waals surface area (Å²) in [5.41, 5.74) is 1.42. The van der Waals surface area contributed by atoms with Gasteiger partial charge in [0.15, 0.2) is 5.82 Å². The number of anilines is 2. The molecule has 0 saturated heterocycles. The number of hydrogen-bond acceptors (Lipinski definition) is 8. The minimum Gasteiger partial charge on any atom is -0.494 e. The van der Waals surface area contributed by atoms with Crippen LogP contribution in [0, 0.1) is 15.9 Å². The van der Waals surface area contributed by atoms with E-state index >= 15 is 0 Å². The van der Waals surface area contributed by atoms with Crippen molar-refractivity contribution in [3.63, 3.8) is 0 Å². The number of nitro groups is 1. The second kappa shape index (κ2) is 13.8. The van der Waals surface area contributed by atoms with Gasteiger partial charge in [-0.05, 0) is 61.0 Å². The molecule has 0 fully saturated rings. The Morgan fingerprint density at radius 3 is 2.62 bits per heavy atom. The normalized spacial score (nSPS) is 10.5. The number of carboxylic acid groups (broad SMARTS) is 1. The van der Waals surface area contributed by atoms with E-state index < -0.39 is 22.4 Å². The van der Waals surface area contributed by atoms with E-state index in [1.54, 1.807) is 18.5 Å². The maximum absolute atomic E-state index is 13.4. The molecule has 0 unspecified atom stereocenters. The predicted molar refractivity (Wildman–Crippen MR) is 161 cm³/mol. The van der Waals surface area contributed by atoms with Gasteiger partial charge >= 0.3 is 5.97 Å². The van der Waals surface area contributed by atoms with Crippen LogP contribution in [-0.2, 0) is 0 Å². The van der Waals surface area contributed by atoms with Crippen LogP contribution in [0.5, 0.6) is 5.75 Å². The van der Waals surface area contributed by atoms with E-state index in [2.05, 4.69) is 36.2 Å². The molecule has 0 atom stereocenters. The second-order valence-corrected chi connectivity index (χ2v) is 9.97. The Labute approximate surface area is 252 Å². The zero-order valence-corrected chi connectivity index (χ0v) is 24.3. The summed E-state index contributed by atoms with van der Waals surface area (Å²) in [5.74, 6) is -0.344. The van der Waals surface area contributed by atoms with Crippen molar-refractivity contribution < 1.29 is 24.0 Å². The molecule has 13 heteroatoms. The van der Waals surface area contributed by atoms with Crippen LogP contribution in [0.1, 0.15) is 23.7 Å². The number of nitrogens with one attached hydrogen (secondary N) is 1. The van der Waals surface area contributed by atoms with Crippen LogP contribution < -0.4 is 10.1 Å². The number of rotatable bonds is 8. The molecule has 0 radical (unpaired) electrons. The molecule has 5 rings (SSSR count). The van der Waals surface area contributed by atoms with Crippen molar-refractivity contribution >= 4 is 61.6 Å². The topological polar surface area (TPSA) is 140 Å². The molecule has 3 aromatic carbocycles. The van der Waals surface area contributed by atoms with Crippen LogP contribution in [0.15, 0.2) is 83.6 Å². The Balaban J connectivity index is 0.000000219. The summed E-state index contributed by atoms with van der Waals surface area (Å²) in [6, 6.07) is 17.6. The standard InChI is InChI=1S/C19H11BrClFN4.C10H11NO5/c20-12-3-6-17-14(8-12)19(24-13-4-5-16(22)15(21)9-13)26-18(25-17)11-2-1-7-23-10-11;1-2-5-16-7-3-4-9(11(14)15)8(6-7)10(12)13/h1-10H,(H,24,25,26);3-4,6H,2,5H2,1H3,(H,12,13). The van der Waals surface area contributed by atoms with Crippen molar-refractivity contribution in [3.05, 3.63) is 110 Å². The largest absolute Gasteiger partial charge is 0.494 e. The van der Waals surface area contributed by atoms with Gasteiger partial charge in [0.05, 0.1) is 22.1 Å². The highest BCUT2D eigenvalue weighted by molar-refractivity contribution is 9.10. The van der Waals surface area contributed by atoms with Gasteiger partial charge in [-0.3, -0.25) is 15.1 Å². The molecule has 5 aromatic rings. The van der Waals surface area contributed by atoms with E-state index in [9.17, 15) is 19.3 Å². The molecule has 42 heavy (non-hydrogen) atoms. The quantitative estimate of drug-likeness (QED) is 0.125. The third kappa shape index (κ3) is 7.53. The van der Waals surface area contributed by atoms with Crippen molar-refractivity contribution in [2.45, 2.75) is 13.3 Å². The minimum atomic E-state index is -1.34. The van der Waals surface area contributed by atoms with E-state index in [0.29, 0.717) is 29.7 Å². The highest BCUT2D eigenvalue weighted by Crippen LogP contribution is 2.30. The lowest BCUT2D eigenvalue weighted by atomic mass is 10.1. The average molecular weight is 655 g/mol. The Hall–Kier alpha value is -4.68. The number of benzene rings is 3. The first-order valence-electron chi connectivity index (χ1n) is 12.4. The van der Waals surface area contributed by atoms with Gasteiger partial charge in [0.1, 0.15) is 22.9 Å². The first-order chi connectivity index (χ1) is 20.2. The number of aromatic carboxylic acids is 1. The summed E-state index contributed by atoms with van der Waals surface area (Å²) in [4.78, 5) is 34.0. The molecule has 0 bridgehead atoms. The van der Waals surface area contributed by atoms with E-state index in [0.717, 1.165) is 39.5 Å².